The first-order valence-corrected chi connectivity index (χ1v) is 6.19. The Morgan fingerprint density at radius 3 is 2.81 bits per heavy atom. The first kappa shape index (κ1) is 14.7. The van der Waals surface area contributed by atoms with Crippen LogP contribution in [0, 0.1) is 10.1 Å². The van der Waals surface area contributed by atoms with Gasteiger partial charge in [-0.3, -0.25) is 14.9 Å². The number of hydrazone groups is 1. The van der Waals surface area contributed by atoms with Gasteiger partial charge in [0.25, 0.3) is 11.6 Å². The summed E-state index contributed by atoms with van der Waals surface area (Å²) in [7, 11) is 0. The van der Waals surface area contributed by atoms with E-state index >= 15 is 0 Å². The Bertz CT molecular complexity index is 710. The van der Waals surface area contributed by atoms with Gasteiger partial charge in [0, 0.05) is 11.6 Å². The Morgan fingerprint density at radius 1 is 1.43 bits per heavy atom. The number of furan rings is 1. The number of hydrogen-bond acceptors (Lipinski definition) is 5. The van der Waals surface area contributed by atoms with E-state index in [9.17, 15) is 14.9 Å². The Kier molecular flexibility index (Phi) is 4.34. The lowest BCUT2D eigenvalue weighted by Gasteiger charge is -2.02. The third kappa shape index (κ3) is 3.46. The molecule has 0 bridgehead atoms. The van der Waals surface area contributed by atoms with Gasteiger partial charge >= 0.3 is 0 Å². The summed E-state index contributed by atoms with van der Waals surface area (Å²) in [5.41, 5.74) is 2.51. The molecule has 7 nitrogen and oxygen atoms in total. The van der Waals surface area contributed by atoms with Crippen LogP contribution < -0.4 is 5.43 Å². The van der Waals surface area contributed by atoms with Crippen molar-refractivity contribution in [1.82, 2.24) is 5.43 Å². The van der Waals surface area contributed by atoms with Gasteiger partial charge in [-0.15, -0.1) is 0 Å². The van der Waals surface area contributed by atoms with Crippen molar-refractivity contribution in [1.29, 1.82) is 0 Å². The summed E-state index contributed by atoms with van der Waals surface area (Å²) in [5, 5.41) is 14.6. The maximum atomic E-state index is 11.9. The molecule has 1 aromatic carbocycles. The van der Waals surface area contributed by atoms with Crippen molar-refractivity contribution in [3.05, 3.63) is 63.1 Å². The van der Waals surface area contributed by atoms with Gasteiger partial charge in [0.1, 0.15) is 16.5 Å². The molecule has 0 unspecified atom stereocenters. The SMILES string of the molecule is CC(=NNC(=O)c1ccc(Cl)c([N+](=O)[O-])c1)c1ccco1. The zero-order valence-electron chi connectivity index (χ0n) is 10.9. The van der Waals surface area contributed by atoms with Crippen LogP contribution in [0.15, 0.2) is 46.1 Å². The summed E-state index contributed by atoms with van der Waals surface area (Å²) in [6.07, 6.45) is 1.48. The third-order valence-electron chi connectivity index (χ3n) is 2.61. The van der Waals surface area contributed by atoms with Crippen molar-refractivity contribution in [3.63, 3.8) is 0 Å². The van der Waals surface area contributed by atoms with E-state index in [0.29, 0.717) is 11.5 Å². The van der Waals surface area contributed by atoms with Gasteiger partial charge in [-0.2, -0.15) is 5.10 Å². The van der Waals surface area contributed by atoms with E-state index in [1.165, 1.54) is 18.4 Å². The number of nitrogens with one attached hydrogen (secondary N) is 1. The second kappa shape index (κ2) is 6.19. The highest BCUT2D eigenvalue weighted by Gasteiger charge is 2.16. The van der Waals surface area contributed by atoms with Gasteiger partial charge in [-0.05, 0) is 31.2 Å². The first-order valence-electron chi connectivity index (χ1n) is 5.81. The van der Waals surface area contributed by atoms with Gasteiger partial charge in [0.05, 0.1) is 11.2 Å². The molecule has 8 heteroatoms. The molecule has 0 aliphatic rings. The molecule has 0 aliphatic carbocycles. The maximum Gasteiger partial charge on any atom is 0.288 e. The fraction of sp³-hybridized carbons (Fsp3) is 0.0769. The Morgan fingerprint density at radius 2 is 2.19 bits per heavy atom. The van der Waals surface area contributed by atoms with Crippen molar-refractivity contribution in [2.45, 2.75) is 6.92 Å². The highest BCUT2D eigenvalue weighted by molar-refractivity contribution is 6.32. The topological polar surface area (TPSA) is 97.7 Å². The Labute approximate surface area is 124 Å². The molecule has 0 saturated heterocycles. The van der Waals surface area contributed by atoms with E-state index in [-0.39, 0.29) is 16.3 Å². The van der Waals surface area contributed by atoms with E-state index in [1.807, 2.05) is 0 Å². The van der Waals surface area contributed by atoms with Crippen LogP contribution in [0.1, 0.15) is 23.0 Å². The minimum absolute atomic E-state index is 0.0354. The third-order valence-corrected chi connectivity index (χ3v) is 2.93. The molecule has 108 valence electrons. The van der Waals surface area contributed by atoms with Crippen LogP contribution in [0.25, 0.3) is 0 Å². The fourth-order valence-corrected chi connectivity index (χ4v) is 1.72. The van der Waals surface area contributed by atoms with Crippen molar-refractivity contribution in [2.24, 2.45) is 5.10 Å². The highest BCUT2D eigenvalue weighted by atomic mass is 35.5. The number of nitrogens with zero attached hydrogens (tertiary/aromatic N) is 2. The largest absolute Gasteiger partial charge is 0.463 e. The summed E-state index contributed by atoms with van der Waals surface area (Å²) in [6, 6.07) is 7.15. The van der Waals surface area contributed by atoms with E-state index < -0.39 is 10.8 Å². The number of amides is 1. The summed E-state index contributed by atoms with van der Waals surface area (Å²) in [6.45, 7) is 1.66. The van der Waals surface area contributed by atoms with Gasteiger partial charge in [0.2, 0.25) is 0 Å². The average molecular weight is 308 g/mol. The first-order chi connectivity index (χ1) is 9.99. The number of carbonyl (C=O) groups excluding carboxylic acids is 1. The fourth-order valence-electron chi connectivity index (χ4n) is 1.53. The average Bonchev–Trinajstić information content (AvgIpc) is 2.98. The quantitative estimate of drug-likeness (QED) is 0.533. The molecule has 0 fully saturated rings. The van der Waals surface area contributed by atoms with Crippen LogP contribution in [-0.4, -0.2) is 16.5 Å². The summed E-state index contributed by atoms with van der Waals surface area (Å²) in [5.74, 6) is -0.0712. The lowest BCUT2D eigenvalue weighted by Crippen LogP contribution is -2.19. The summed E-state index contributed by atoms with van der Waals surface area (Å²) in [4.78, 5) is 22.0. The number of benzene rings is 1. The molecule has 0 saturated carbocycles. The molecule has 1 aromatic heterocycles. The van der Waals surface area contributed by atoms with Crippen LogP contribution in [0.5, 0.6) is 0 Å². The van der Waals surface area contributed by atoms with Gasteiger partial charge in [0.15, 0.2) is 0 Å². The molecule has 0 spiro atoms. The molecule has 21 heavy (non-hydrogen) atoms. The molecule has 1 N–H and O–H groups in total. The zero-order chi connectivity index (χ0) is 15.4. The number of nitro groups is 1. The maximum absolute atomic E-state index is 11.9. The minimum Gasteiger partial charge on any atom is -0.463 e. The second-order valence-corrected chi connectivity index (χ2v) is 4.45. The van der Waals surface area contributed by atoms with Crippen LogP contribution in [0.2, 0.25) is 5.02 Å². The molecule has 1 heterocycles. The van der Waals surface area contributed by atoms with Crippen molar-refractivity contribution in [3.8, 4) is 0 Å². The minimum atomic E-state index is -0.656. The van der Waals surface area contributed by atoms with E-state index in [1.54, 1.807) is 19.1 Å². The highest BCUT2D eigenvalue weighted by Crippen LogP contribution is 2.24. The van der Waals surface area contributed by atoms with E-state index in [2.05, 4.69) is 10.5 Å². The lowest BCUT2D eigenvalue weighted by atomic mass is 10.2. The van der Waals surface area contributed by atoms with Crippen LogP contribution in [0.3, 0.4) is 0 Å². The molecular formula is C13H10ClN3O4. The molecular weight excluding hydrogens is 298 g/mol. The molecule has 0 aliphatic heterocycles. The van der Waals surface area contributed by atoms with Crippen molar-refractivity contribution in [2.75, 3.05) is 0 Å². The number of halogens is 1. The lowest BCUT2D eigenvalue weighted by molar-refractivity contribution is -0.384. The molecule has 0 atom stereocenters. The van der Waals surface area contributed by atoms with Crippen molar-refractivity contribution < 1.29 is 14.1 Å². The molecule has 0 radical (unpaired) electrons. The van der Waals surface area contributed by atoms with Gasteiger partial charge < -0.3 is 4.42 Å². The number of hydrogen-bond donors (Lipinski definition) is 1. The second-order valence-electron chi connectivity index (χ2n) is 4.04. The normalized spacial score (nSPS) is 11.2. The van der Waals surface area contributed by atoms with Gasteiger partial charge in [-0.25, -0.2) is 5.43 Å². The van der Waals surface area contributed by atoms with Crippen LogP contribution in [0.4, 0.5) is 5.69 Å². The molecule has 2 aromatic rings. The number of carbonyl (C=O) groups is 1. The monoisotopic (exact) mass is 307 g/mol. The zero-order valence-corrected chi connectivity index (χ0v) is 11.6. The number of rotatable bonds is 4. The molecule has 2 rings (SSSR count). The van der Waals surface area contributed by atoms with Crippen LogP contribution in [-0.2, 0) is 0 Å². The Hall–Kier alpha value is -2.67. The van der Waals surface area contributed by atoms with E-state index in [0.717, 1.165) is 6.07 Å². The number of nitro benzene ring substituents is 1. The van der Waals surface area contributed by atoms with Gasteiger partial charge in [-0.1, -0.05) is 11.6 Å². The van der Waals surface area contributed by atoms with Crippen LogP contribution >= 0.6 is 11.6 Å². The van der Waals surface area contributed by atoms with Crippen molar-refractivity contribution >= 4 is 28.9 Å². The smallest absolute Gasteiger partial charge is 0.288 e. The summed E-state index contributed by atoms with van der Waals surface area (Å²) < 4.78 is 5.11. The predicted molar refractivity (Wildman–Crippen MR) is 76.5 cm³/mol. The molecule has 1 amide bonds. The Balaban J connectivity index is 2.16. The summed E-state index contributed by atoms with van der Waals surface area (Å²) >= 11 is 5.68. The standard InChI is InChI=1S/C13H10ClN3O4/c1-8(12-3-2-6-21-12)15-16-13(18)9-4-5-10(14)11(7-9)17(19)20/h2-7H,1H3,(H,16,18). The van der Waals surface area contributed by atoms with E-state index in [4.69, 9.17) is 16.0 Å². The predicted octanol–water partition coefficient (Wildman–Crippen LogP) is 3.00.